The first-order valence-electron chi connectivity index (χ1n) is 7.02. The summed E-state index contributed by atoms with van der Waals surface area (Å²) in [4.78, 5) is 6.29. The number of nitrogens with zero attached hydrogens (tertiary/aromatic N) is 2. The van der Waals surface area contributed by atoms with Crippen LogP contribution < -0.4 is 15.0 Å². The minimum atomic E-state index is -0.872. The van der Waals surface area contributed by atoms with Crippen molar-refractivity contribution >= 4 is 5.69 Å². The molecule has 1 aliphatic heterocycles. The topological polar surface area (TPSA) is 46.6 Å². The van der Waals surface area contributed by atoms with E-state index in [1.807, 2.05) is 48.7 Å². The number of ether oxygens (including phenoxy) is 2. The highest BCUT2D eigenvalue weighted by atomic mass is 16.7. The summed E-state index contributed by atoms with van der Waals surface area (Å²) >= 11 is 0. The lowest BCUT2D eigenvalue weighted by Gasteiger charge is -2.46. The first kappa shape index (κ1) is 13.9. The summed E-state index contributed by atoms with van der Waals surface area (Å²) in [7, 11) is 1.67. The largest absolute Gasteiger partial charge is 0.443 e. The Morgan fingerprint density at radius 3 is 2.76 bits per heavy atom. The lowest BCUT2D eigenvalue weighted by molar-refractivity contribution is -0.167. The highest BCUT2D eigenvalue weighted by Crippen LogP contribution is 2.28. The maximum atomic E-state index is 6.17. The Bertz CT molecular complexity index is 564. The Labute approximate surface area is 124 Å². The van der Waals surface area contributed by atoms with Gasteiger partial charge in [0.05, 0.1) is 18.4 Å². The van der Waals surface area contributed by atoms with Gasteiger partial charge in [0.25, 0.3) is 0 Å². The van der Waals surface area contributed by atoms with E-state index in [0.717, 1.165) is 24.5 Å². The predicted molar refractivity (Wildman–Crippen MR) is 81.3 cm³/mol. The summed E-state index contributed by atoms with van der Waals surface area (Å²) in [6, 6.07) is 13.6. The molecule has 1 atom stereocenters. The van der Waals surface area contributed by atoms with E-state index in [1.165, 1.54) is 0 Å². The van der Waals surface area contributed by atoms with Crippen molar-refractivity contribution in [2.24, 2.45) is 0 Å². The number of benzene rings is 1. The van der Waals surface area contributed by atoms with Gasteiger partial charge in [0, 0.05) is 26.4 Å². The highest BCUT2D eigenvalue weighted by Gasteiger charge is 2.42. The van der Waals surface area contributed by atoms with Gasteiger partial charge in [0.15, 0.2) is 0 Å². The Hall–Kier alpha value is -2.11. The maximum Gasteiger partial charge on any atom is 0.307 e. The maximum absolute atomic E-state index is 6.17. The van der Waals surface area contributed by atoms with Crippen LogP contribution in [-0.2, 0) is 4.74 Å². The molecule has 1 fully saturated rings. The predicted octanol–water partition coefficient (Wildman–Crippen LogP) is 1.87. The van der Waals surface area contributed by atoms with Crippen molar-refractivity contribution in [2.75, 3.05) is 31.6 Å². The van der Waals surface area contributed by atoms with Crippen molar-refractivity contribution in [3.05, 3.63) is 54.9 Å². The van der Waals surface area contributed by atoms with Crippen molar-refractivity contribution < 1.29 is 9.47 Å². The molecule has 0 saturated carbocycles. The fourth-order valence-corrected chi connectivity index (χ4v) is 2.53. The first-order chi connectivity index (χ1) is 10.3. The van der Waals surface area contributed by atoms with E-state index < -0.39 is 5.91 Å². The van der Waals surface area contributed by atoms with Crippen LogP contribution in [0, 0.1) is 0 Å². The molecule has 5 heteroatoms. The van der Waals surface area contributed by atoms with Crippen molar-refractivity contribution in [3.63, 3.8) is 0 Å². The van der Waals surface area contributed by atoms with E-state index >= 15 is 0 Å². The molecular weight excluding hydrogens is 266 g/mol. The molecule has 2 aromatic rings. The van der Waals surface area contributed by atoms with Gasteiger partial charge in [-0.15, -0.1) is 0 Å². The van der Waals surface area contributed by atoms with E-state index in [1.54, 1.807) is 13.3 Å². The molecule has 1 aliphatic rings. The van der Waals surface area contributed by atoms with Gasteiger partial charge in [-0.05, 0) is 24.3 Å². The number of anilines is 1. The Morgan fingerprint density at radius 2 is 2.05 bits per heavy atom. The molecule has 1 aromatic heterocycles. The monoisotopic (exact) mass is 285 g/mol. The number of para-hydroxylation sites is 1. The zero-order valence-electron chi connectivity index (χ0n) is 12.0. The van der Waals surface area contributed by atoms with Gasteiger partial charge in [-0.3, -0.25) is 4.98 Å². The molecule has 110 valence electrons. The van der Waals surface area contributed by atoms with E-state index in [-0.39, 0.29) is 0 Å². The molecule has 21 heavy (non-hydrogen) atoms. The van der Waals surface area contributed by atoms with Crippen molar-refractivity contribution in [1.82, 2.24) is 10.3 Å². The molecule has 1 unspecified atom stereocenters. The molecule has 5 nitrogen and oxygen atoms in total. The zero-order valence-corrected chi connectivity index (χ0v) is 12.0. The third-order valence-corrected chi connectivity index (χ3v) is 3.57. The van der Waals surface area contributed by atoms with Crippen LogP contribution >= 0.6 is 0 Å². The third kappa shape index (κ3) is 2.84. The summed E-state index contributed by atoms with van der Waals surface area (Å²) in [6.45, 7) is 2.23. The number of hydrogen-bond acceptors (Lipinski definition) is 5. The van der Waals surface area contributed by atoms with E-state index in [9.17, 15) is 0 Å². The number of rotatable bonds is 4. The lowest BCUT2D eigenvalue weighted by Crippen LogP contribution is -2.66. The van der Waals surface area contributed by atoms with Crippen LogP contribution in [0.4, 0.5) is 5.69 Å². The number of methoxy groups -OCH3 is 1. The number of hydrogen-bond donors (Lipinski definition) is 1. The van der Waals surface area contributed by atoms with Crippen molar-refractivity contribution in [2.45, 2.75) is 5.91 Å². The summed E-state index contributed by atoms with van der Waals surface area (Å²) in [6.07, 6.45) is 3.59. The first-order valence-corrected chi connectivity index (χ1v) is 7.02. The standard InChI is InChI=1S/C16H19N3O2/c1-20-16(21-15-7-3-2-4-8-15)13-18-10-11-19(16)14-6-5-9-17-12-14/h2-9,12,18H,10-11,13H2,1H3. The fraction of sp³-hybridized carbons (Fsp3) is 0.312. The number of piperazine rings is 1. The van der Waals surface area contributed by atoms with Crippen LogP contribution in [0.5, 0.6) is 5.75 Å². The van der Waals surface area contributed by atoms with Gasteiger partial charge in [-0.1, -0.05) is 18.2 Å². The van der Waals surface area contributed by atoms with Crippen LogP contribution in [0.3, 0.4) is 0 Å². The second-order valence-electron chi connectivity index (χ2n) is 4.87. The Balaban J connectivity index is 1.93. The van der Waals surface area contributed by atoms with Crippen LogP contribution in [0.15, 0.2) is 54.9 Å². The SMILES string of the molecule is COC1(Oc2ccccc2)CNCCN1c1cccnc1. The van der Waals surface area contributed by atoms with E-state index in [2.05, 4.69) is 15.2 Å². The molecule has 0 spiro atoms. The van der Waals surface area contributed by atoms with Crippen molar-refractivity contribution in [3.8, 4) is 5.75 Å². The van der Waals surface area contributed by atoms with Gasteiger partial charge >= 0.3 is 5.91 Å². The van der Waals surface area contributed by atoms with Gasteiger partial charge in [-0.2, -0.15) is 0 Å². The van der Waals surface area contributed by atoms with Crippen LogP contribution in [0.25, 0.3) is 0 Å². The zero-order chi connectivity index (χ0) is 14.5. The quantitative estimate of drug-likeness (QED) is 0.869. The molecular formula is C16H19N3O2. The molecule has 3 rings (SSSR count). The number of pyridine rings is 1. The second kappa shape index (κ2) is 6.11. The van der Waals surface area contributed by atoms with E-state index in [0.29, 0.717) is 6.54 Å². The molecule has 0 bridgehead atoms. The van der Waals surface area contributed by atoms with E-state index in [4.69, 9.17) is 9.47 Å². The number of nitrogens with one attached hydrogen (secondary N) is 1. The average Bonchev–Trinajstić information content (AvgIpc) is 2.57. The van der Waals surface area contributed by atoms with Crippen LogP contribution in [0.1, 0.15) is 0 Å². The average molecular weight is 285 g/mol. The fourth-order valence-electron chi connectivity index (χ4n) is 2.53. The molecule has 1 saturated heterocycles. The Morgan fingerprint density at radius 1 is 1.19 bits per heavy atom. The van der Waals surface area contributed by atoms with Gasteiger partial charge in [0.2, 0.25) is 0 Å². The lowest BCUT2D eigenvalue weighted by atomic mass is 10.2. The van der Waals surface area contributed by atoms with Crippen LogP contribution in [-0.4, -0.2) is 37.6 Å². The normalized spacial score (nSPS) is 22.0. The molecule has 2 heterocycles. The van der Waals surface area contributed by atoms with Gasteiger partial charge in [-0.25, -0.2) is 0 Å². The highest BCUT2D eigenvalue weighted by molar-refractivity contribution is 5.46. The summed E-state index contributed by atoms with van der Waals surface area (Å²) in [5.41, 5.74) is 0.983. The smallest absolute Gasteiger partial charge is 0.307 e. The van der Waals surface area contributed by atoms with Gasteiger partial charge < -0.3 is 19.7 Å². The third-order valence-electron chi connectivity index (χ3n) is 3.57. The summed E-state index contributed by atoms with van der Waals surface area (Å²) < 4.78 is 11.9. The second-order valence-corrected chi connectivity index (χ2v) is 4.87. The molecule has 0 radical (unpaired) electrons. The minimum absolute atomic E-state index is 0.577. The minimum Gasteiger partial charge on any atom is -0.443 e. The van der Waals surface area contributed by atoms with Gasteiger partial charge in [0.1, 0.15) is 5.75 Å². The van der Waals surface area contributed by atoms with Crippen LogP contribution in [0.2, 0.25) is 0 Å². The molecule has 0 aliphatic carbocycles. The molecule has 0 amide bonds. The Kier molecular flexibility index (Phi) is 4.03. The molecule has 1 aromatic carbocycles. The summed E-state index contributed by atoms with van der Waals surface area (Å²) in [5, 5.41) is 3.33. The number of aromatic nitrogens is 1. The summed E-state index contributed by atoms with van der Waals surface area (Å²) in [5.74, 6) is -0.0974. The van der Waals surface area contributed by atoms with Crippen molar-refractivity contribution in [1.29, 1.82) is 0 Å². The molecule has 1 N–H and O–H groups in total.